The normalized spacial score (nSPS) is 22.9. The van der Waals surface area contributed by atoms with Crippen LogP contribution in [0.1, 0.15) is 39.0 Å². The third kappa shape index (κ3) is 3.14. The van der Waals surface area contributed by atoms with Crippen molar-refractivity contribution in [1.82, 2.24) is 15.0 Å². The lowest BCUT2D eigenvalue weighted by Gasteiger charge is -2.42. The number of piperidine rings is 1. The van der Waals surface area contributed by atoms with Crippen molar-refractivity contribution in [3.63, 3.8) is 0 Å². The second kappa shape index (κ2) is 6.71. The maximum atomic E-state index is 4.66. The second-order valence-electron chi connectivity index (χ2n) is 7.14. The van der Waals surface area contributed by atoms with Crippen molar-refractivity contribution >= 4 is 17.6 Å². The zero-order valence-electron chi connectivity index (χ0n) is 14.2. The van der Waals surface area contributed by atoms with E-state index in [0.29, 0.717) is 5.41 Å². The van der Waals surface area contributed by atoms with Gasteiger partial charge in [-0.3, -0.25) is 4.98 Å². The molecule has 4 nitrogen and oxygen atoms in total. The Hall–Kier alpha value is -1.62. The molecule has 0 aromatic carbocycles. The van der Waals surface area contributed by atoms with Gasteiger partial charge in [0.15, 0.2) is 0 Å². The van der Waals surface area contributed by atoms with Gasteiger partial charge in [0.2, 0.25) is 0 Å². The van der Waals surface area contributed by atoms with E-state index < -0.39 is 0 Å². The van der Waals surface area contributed by atoms with Crippen LogP contribution in [0.2, 0.25) is 0 Å². The zero-order chi connectivity index (χ0) is 16.4. The third-order valence-electron chi connectivity index (χ3n) is 5.93. The fraction of sp³-hybridized carbons (Fsp3) is 0.526. The number of aromatic nitrogens is 3. The summed E-state index contributed by atoms with van der Waals surface area (Å²) in [5.41, 5.74) is 0.612. The standard InChI is InChI=1S/C19H24N4S/c1-15-3-2-6-19(15)7-11-23(12-8-19)17-13-22-18(14-21-17)24-16-4-9-20-10-5-16/h4-5,9-10,13-15H,2-3,6-8,11-12H2,1H3/t15-/m1/s1. The lowest BCUT2D eigenvalue weighted by Crippen LogP contribution is -2.41. The Morgan fingerprint density at radius 3 is 2.50 bits per heavy atom. The van der Waals surface area contributed by atoms with Crippen molar-refractivity contribution in [1.29, 1.82) is 0 Å². The van der Waals surface area contributed by atoms with E-state index in [-0.39, 0.29) is 0 Å². The molecule has 0 unspecified atom stereocenters. The van der Waals surface area contributed by atoms with Crippen molar-refractivity contribution in [2.45, 2.75) is 48.9 Å². The van der Waals surface area contributed by atoms with Crippen LogP contribution in [-0.2, 0) is 0 Å². The zero-order valence-corrected chi connectivity index (χ0v) is 15.0. The van der Waals surface area contributed by atoms with E-state index in [2.05, 4.69) is 26.8 Å². The molecule has 2 aromatic rings. The summed E-state index contributed by atoms with van der Waals surface area (Å²) >= 11 is 1.63. The average Bonchev–Trinajstić information content (AvgIpc) is 2.98. The van der Waals surface area contributed by atoms with E-state index in [0.717, 1.165) is 34.7 Å². The molecule has 2 aromatic heterocycles. The molecule has 2 fully saturated rings. The predicted octanol–water partition coefficient (Wildman–Crippen LogP) is 4.43. The summed E-state index contributed by atoms with van der Waals surface area (Å²) in [5, 5.41) is 0.933. The van der Waals surface area contributed by atoms with Crippen molar-refractivity contribution < 1.29 is 0 Å². The third-order valence-corrected chi connectivity index (χ3v) is 6.85. The maximum Gasteiger partial charge on any atom is 0.147 e. The van der Waals surface area contributed by atoms with Crippen molar-refractivity contribution in [3.05, 3.63) is 36.9 Å². The average molecular weight is 340 g/mol. The molecule has 1 atom stereocenters. The quantitative estimate of drug-likeness (QED) is 0.827. The van der Waals surface area contributed by atoms with Crippen LogP contribution < -0.4 is 4.90 Å². The van der Waals surface area contributed by atoms with Gasteiger partial charge in [-0.2, -0.15) is 0 Å². The molecule has 0 bridgehead atoms. The van der Waals surface area contributed by atoms with Gasteiger partial charge in [-0.25, -0.2) is 9.97 Å². The molecule has 0 radical (unpaired) electrons. The predicted molar refractivity (Wildman–Crippen MR) is 97.3 cm³/mol. The fourth-order valence-electron chi connectivity index (χ4n) is 4.29. The lowest BCUT2D eigenvalue weighted by atomic mass is 9.71. The molecule has 1 saturated carbocycles. The molecule has 126 valence electrons. The van der Waals surface area contributed by atoms with E-state index in [9.17, 15) is 0 Å². The molecular formula is C19H24N4S. The van der Waals surface area contributed by atoms with E-state index in [1.165, 1.54) is 32.1 Å². The Balaban J connectivity index is 1.39. The Morgan fingerprint density at radius 1 is 1.08 bits per heavy atom. The highest BCUT2D eigenvalue weighted by Gasteiger charge is 2.42. The first-order valence-electron chi connectivity index (χ1n) is 8.90. The topological polar surface area (TPSA) is 41.9 Å². The van der Waals surface area contributed by atoms with Gasteiger partial charge < -0.3 is 4.90 Å². The van der Waals surface area contributed by atoms with Gasteiger partial charge in [0.25, 0.3) is 0 Å². The maximum absolute atomic E-state index is 4.66. The number of hydrogen-bond donors (Lipinski definition) is 0. The van der Waals surface area contributed by atoms with E-state index >= 15 is 0 Å². The van der Waals surface area contributed by atoms with Gasteiger partial charge in [-0.1, -0.05) is 31.5 Å². The van der Waals surface area contributed by atoms with Gasteiger partial charge >= 0.3 is 0 Å². The Kier molecular flexibility index (Phi) is 4.44. The van der Waals surface area contributed by atoms with Crippen LogP contribution in [0.15, 0.2) is 46.8 Å². The molecule has 24 heavy (non-hydrogen) atoms. The monoisotopic (exact) mass is 340 g/mol. The molecule has 0 N–H and O–H groups in total. The Morgan fingerprint density at radius 2 is 1.88 bits per heavy atom. The number of hydrogen-bond acceptors (Lipinski definition) is 5. The van der Waals surface area contributed by atoms with Crippen LogP contribution in [0.3, 0.4) is 0 Å². The van der Waals surface area contributed by atoms with Gasteiger partial charge in [-0.15, -0.1) is 0 Å². The summed E-state index contributed by atoms with van der Waals surface area (Å²) in [5.74, 6) is 1.92. The highest BCUT2D eigenvalue weighted by atomic mass is 32.2. The number of pyridine rings is 1. The van der Waals surface area contributed by atoms with Crippen LogP contribution in [0, 0.1) is 11.3 Å². The van der Waals surface area contributed by atoms with Gasteiger partial charge in [0, 0.05) is 30.4 Å². The Bertz CT molecular complexity index is 666. The Labute approximate surface area is 148 Å². The van der Waals surface area contributed by atoms with E-state index in [1.807, 2.05) is 24.5 Å². The van der Waals surface area contributed by atoms with Crippen LogP contribution in [-0.4, -0.2) is 28.0 Å². The van der Waals surface area contributed by atoms with Crippen molar-refractivity contribution in [2.24, 2.45) is 11.3 Å². The minimum absolute atomic E-state index is 0.612. The van der Waals surface area contributed by atoms with Gasteiger partial charge in [0.05, 0.1) is 12.4 Å². The summed E-state index contributed by atoms with van der Waals surface area (Å²) in [4.78, 5) is 16.8. The molecule has 1 aliphatic heterocycles. The van der Waals surface area contributed by atoms with Crippen molar-refractivity contribution in [2.75, 3.05) is 18.0 Å². The SMILES string of the molecule is C[C@@H]1CCCC12CCN(c1cnc(Sc3ccncc3)cn1)CC2. The first-order chi connectivity index (χ1) is 11.8. The first kappa shape index (κ1) is 15.9. The molecule has 5 heteroatoms. The molecule has 1 spiro atoms. The molecule has 4 rings (SSSR count). The summed E-state index contributed by atoms with van der Waals surface area (Å²) in [7, 11) is 0. The van der Waals surface area contributed by atoms with Crippen LogP contribution in [0.25, 0.3) is 0 Å². The van der Waals surface area contributed by atoms with Crippen LogP contribution in [0.4, 0.5) is 5.82 Å². The summed E-state index contributed by atoms with van der Waals surface area (Å²) in [6.07, 6.45) is 14.3. The highest BCUT2D eigenvalue weighted by molar-refractivity contribution is 7.99. The smallest absolute Gasteiger partial charge is 0.147 e. The number of anilines is 1. The molecule has 1 saturated heterocycles. The van der Waals surface area contributed by atoms with Crippen LogP contribution >= 0.6 is 11.8 Å². The summed E-state index contributed by atoms with van der Waals surface area (Å²) in [6, 6.07) is 3.99. The van der Waals surface area contributed by atoms with Crippen molar-refractivity contribution in [3.8, 4) is 0 Å². The number of nitrogens with zero attached hydrogens (tertiary/aromatic N) is 4. The molecular weight excluding hydrogens is 316 g/mol. The minimum Gasteiger partial charge on any atom is -0.355 e. The number of rotatable bonds is 3. The van der Waals surface area contributed by atoms with E-state index in [1.54, 1.807) is 24.2 Å². The first-order valence-corrected chi connectivity index (χ1v) is 9.72. The minimum atomic E-state index is 0.612. The van der Waals surface area contributed by atoms with Gasteiger partial charge in [-0.05, 0) is 42.7 Å². The summed E-state index contributed by atoms with van der Waals surface area (Å²) in [6.45, 7) is 4.69. The molecule has 1 aliphatic carbocycles. The lowest BCUT2D eigenvalue weighted by molar-refractivity contribution is 0.161. The summed E-state index contributed by atoms with van der Waals surface area (Å²) < 4.78 is 0. The van der Waals surface area contributed by atoms with Crippen LogP contribution in [0.5, 0.6) is 0 Å². The fourth-order valence-corrected chi connectivity index (χ4v) is 5.00. The largest absolute Gasteiger partial charge is 0.355 e. The molecule has 2 aliphatic rings. The van der Waals surface area contributed by atoms with Gasteiger partial charge in [0.1, 0.15) is 10.8 Å². The second-order valence-corrected chi connectivity index (χ2v) is 8.23. The molecule has 3 heterocycles. The molecule has 0 amide bonds. The van der Waals surface area contributed by atoms with E-state index in [4.69, 9.17) is 0 Å². The highest BCUT2D eigenvalue weighted by Crippen LogP contribution is 2.50.